The number of sulfonamides is 1. The summed E-state index contributed by atoms with van der Waals surface area (Å²) < 4.78 is 28.1. The van der Waals surface area contributed by atoms with Crippen LogP contribution in [0.25, 0.3) is 0 Å². The quantitative estimate of drug-likeness (QED) is 0.487. The van der Waals surface area contributed by atoms with Gasteiger partial charge in [0.2, 0.25) is 10.0 Å². The van der Waals surface area contributed by atoms with Gasteiger partial charge in [-0.25, -0.2) is 13.8 Å². The normalized spacial score (nSPS) is 15.2. The molecule has 0 saturated heterocycles. The molecule has 1 fully saturated rings. The Morgan fingerprint density at radius 1 is 1.03 bits per heavy atom. The number of nitrogens with zero attached hydrogens (tertiary/aromatic N) is 3. The Morgan fingerprint density at radius 2 is 1.66 bits per heavy atom. The third-order valence-corrected chi connectivity index (χ3v) is 7.63. The van der Waals surface area contributed by atoms with Gasteiger partial charge in [0.15, 0.2) is 0 Å². The van der Waals surface area contributed by atoms with Crippen LogP contribution in [0.1, 0.15) is 43.2 Å². The molecule has 0 aromatic heterocycles. The summed E-state index contributed by atoms with van der Waals surface area (Å²) in [4.78, 5) is 14.8. The molecule has 0 radical (unpaired) electrons. The first kappa shape index (κ1) is 23.9. The second-order valence-electron chi connectivity index (χ2n) is 8.43. The summed E-state index contributed by atoms with van der Waals surface area (Å²) in [5, 5.41) is 4.02. The van der Waals surface area contributed by atoms with E-state index in [1.165, 1.54) is 4.31 Å². The van der Waals surface area contributed by atoms with E-state index in [-0.39, 0.29) is 17.5 Å². The number of hydrazone groups is 1. The first-order valence-electron chi connectivity index (χ1n) is 10.9. The topological polar surface area (TPSA) is 82.1 Å². The van der Waals surface area contributed by atoms with Crippen molar-refractivity contribution < 1.29 is 13.2 Å². The van der Waals surface area contributed by atoms with Gasteiger partial charge >= 0.3 is 0 Å². The molecule has 8 heteroatoms. The molecule has 0 unspecified atom stereocenters. The smallest absolute Gasteiger partial charge is 0.255 e. The van der Waals surface area contributed by atoms with Gasteiger partial charge in [-0.1, -0.05) is 49.1 Å². The van der Waals surface area contributed by atoms with Crippen molar-refractivity contribution in [3.05, 3.63) is 59.7 Å². The van der Waals surface area contributed by atoms with Crippen LogP contribution in [0.4, 0.5) is 5.69 Å². The van der Waals surface area contributed by atoms with Gasteiger partial charge in [-0.2, -0.15) is 9.41 Å². The Labute approximate surface area is 191 Å². The Hall–Kier alpha value is -2.71. The highest BCUT2D eigenvalue weighted by atomic mass is 32.2. The molecular formula is C24H32N4O3S. The van der Waals surface area contributed by atoms with Gasteiger partial charge in [-0.15, -0.1) is 0 Å². The monoisotopic (exact) mass is 456 g/mol. The minimum atomic E-state index is -3.79. The molecule has 1 amide bonds. The number of carbonyl (C=O) groups excluding carboxylic acids is 1. The van der Waals surface area contributed by atoms with Gasteiger partial charge in [0.1, 0.15) is 0 Å². The van der Waals surface area contributed by atoms with Crippen molar-refractivity contribution in [1.82, 2.24) is 9.73 Å². The summed E-state index contributed by atoms with van der Waals surface area (Å²) in [5.74, 6) is -0.451. The van der Waals surface area contributed by atoms with Crippen molar-refractivity contribution in [2.45, 2.75) is 50.0 Å². The summed E-state index contributed by atoms with van der Waals surface area (Å²) in [6.07, 6.45) is 6.11. The number of carbonyl (C=O) groups is 1. The lowest BCUT2D eigenvalue weighted by Gasteiger charge is -2.32. The fraction of sp³-hybridized carbons (Fsp3) is 0.417. The average Bonchev–Trinajstić information content (AvgIpc) is 2.78. The van der Waals surface area contributed by atoms with Gasteiger partial charge in [-0.3, -0.25) is 4.79 Å². The summed E-state index contributed by atoms with van der Waals surface area (Å²) in [6.45, 7) is 1.66. The highest BCUT2D eigenvalue weighted by Gasteiger charge is 2.33. The lowest BCUT2D eigenvalue weighted by atomic mass is 9.95. The fourth-order valence-electron chi connectivity index (χ4n) is 3.84. The summed E-state index contributed by atoms with van der Waals surface area (Å²) >= 11 is 0. The Balaban J connectivity index is 1.71. The molecule has 0 heterocycles. The molecule has 7 nitrogen and oxygen atoms in total. The molecule has 0 aliphatic heterocycles. The van der Waals surface area contributed by atoms with Crippen LogP contribution in [0, 0.1) is 6.92 Å². The van der Waals surface area contributed by atoms with Crippen molar-refractivity contribution in [2.75, 3.05) is 25.5 Å². The molecule has 1 aliphatic rings. The number of rotatable bonds is 8. The molecule has 1 aliphatic carbocycles. The first-order chi connectivity index (χ1) is 15.3. The fourth-order valence-corrected chi connectivity index (χ4v) is 5.48. The minimum absolute atomic E-state index is 0.177. The molecular weight excluding hydrogens is 424 g/mol. The van der Waals surface area contributed by atoms with Crippen molar-refractivity contribution >= 4 is 27.8 Å². The van der Waals surface area contributed by atoms with Crippen LogP contribution in [0.15, 0.2) is 58.5 Å². The van der Waals surface area contributed by atoms with Gasteiger partial charge in [0.25, 0.3) is 5.91 Å². The molecule has 1 N–H and O–H groups in total. The van der Waals surface area contributed by atoms with E-state index in [1.807, 2.05) is 50.2 Å². The Bertz CT molecular complexity index is 1030. The van der Waals surface area contributed by atoms with Crippen molar-refractivity contribution in [3.8, 4) is 0 Å². The summed E-state index contributed by atoms with van der Waals surface area (Å²) in [5.41, 5.74) is 5.38. The molecule has 172 valence electrons. The van der Waals surface area contributed by atoms with E-state index in [9.17, 15) is 13.2 Å². The van der Waals surface area contributed by atoms with E-state index in [0.717, 1.165) is 48.9 Å². The molecule has 3 rings (SSSR count). The zero-order valence-electron chi connectivity index (χ0n) is 19.0. The van der Waals surface area contributed by atoms with Crippen LogP contribution in [0.2, 0.25) is 0 Å². The lowest BCUT2D eigenvalue weighted by molar-refractivity contribution is -0.121. The number of hydrogen-bond acceptors (Lipinski definition) is 5. The average molecular weight is 457 g/mol. The van der Waals surface area contributed by atoms with Crippen LogP contribution >= 0.6 is 0 Å². The predicted octanol–water partition coefficient (Wildman–Crippen LogP) is 3.53. The lowest BCUT2D eigenvalue weighted by Crippen LogP contribution is -2.46. The van der Waals surface area contributed by atoms with E-state index in [2.05, 4.69) is 10.5 Å². The van der Waals surface area contributed by atoms with Crippen LogP contribution in [-0.2, 0) is 14.8 Å². The SMILES string of the molecule is Cc1ccc(S(=O)(=O)N(CC(=O)NN=Cc2ccc(N(C)C)cc2)C2CCCCC2)cc1. The van der Waals surface area contributed by atoms with E-state index in [1.54, 1.807) is 30.5 Å². The second kappa shape index (κ2) is 10.7. The number of nitrogens with one attached hydrogen (secondary N) is 1. The van der Waals surface area contributed by atoms with Crippen LogP contribution < -0.4 is 10.3 Å². The summed E-state index contributed by atoms with van der Waals surface area (Å²) in [7, 11) is 0.142. The third-order valence-electron chi connectivity index (χ3n) is 5.72. The van der Waals surface area contributed by atoms with Gasteiger partial charge < -0.3 is 4.90 Å². The maximum absolute atomic E-state index is 13.4. The van der Waals surface area contributed by atoms with E-state index >= 15 is 0 Å². The largest absolute Gasteiger partial charge is 0.378 e. The van der Waals surface area contributed by atoms with Crippen molar-refractivity contribution in [1.29, 1.82) is 0 Å². The number of anilines is 1. The van der Waals surface area contributed by atoms with E-state index in [4.69, 9.17) is 0 Å². The maximum Gasteiger partial charge on any atom is 0.255 e. The Kier molecular flexibility index (Phi) is 8.04. The third kappa shape index (κ3) is 6.17. The summed E-state index contributed by atoms with van der Waals surface area (Å²) in [6, 6.07) is 14.3. The molecule has 2 aromatic carbocycles. The first-order valence-corrected chi connectivity index (χ1v) is 12.4. The molecule has 0 bridgehead atoms. The van der Waals surface area contributed by atoms with Gasteiger partial charge in [-0.05, 0) is 49.6 Å². The van der Waals surface area contributed by atoms with Gasteiger partial charge in [0, 0.05) is 25.8 Å². The zero-order valence-corrected chi connectivity index (χ0v) is 19.8. The number of aryl methyl sites for hydroxylation is 1. The molecule has 0 spiro atoms. The number of benzene rings is 2. The molecule has 1 saturated carbocycles. The van der Waals surface area contributed by atoms with E-state index in [0.29, 0.717) is 0 Å². The molecule has 32 heavy (non-hydrogen) atoms. The molecule has 2 aromatic rings. The van der Waals surface area contributed by atoms with Crippen LogP contribution in [-0.4, -0.2) is 51.5 Å². The van der Waals surface area contributed by atoms with Gasteiger partial charge in [0.05, 0.1) is 17.7 Å². The van der Waals surface area contributed by atoms with Crippen molar-refractivity contribution in [3.63, 3.8) is 0 Å². The number of hydrogen-bond donors (Lipinski definition) is 1. The predicted molar refractivity (Wildman–Crippen MR) is 128 cm³/mol. The Morgan fingerprint density at radius 3 is 2.25 bits per heavy atom. The zero-order chi connectivity index (χ0) is 23.1. The van der Waals surface area contributed by atoms with E-state index < -0.39 is 15.9 Å². The minimum Gasteiger partial charge on any atom is -0.378 e. The van der Waals surface area contributed by atoms with Crippen molar-refractivity contribution in [2.24, 2.45) is 5.10 Å². The maximum atomic E-state index is 13.4. The standard InChI is InChI=1S/C24H32N4O3S/c1-19-9-15-23(16-10-19)32(30,31)28(22-7-5-4-6-8-22)18-24(29)26-25-17-20-11-13-21(14-12-20)27(2)3/h9-17,22H,4-8,18H2,1-3H3,(H,26,29). The molecule has 0 atom stereocenters. The highest BCUT2D eigenvalue weighted by Crippen LogP contribution is 2.27. The van der Waals surface area contributed by atoms with Crippen LogP contribution in [0.3, 0.4) is 0 Å². The van der Waals surface area contributed by atoms with Crippen LogP contribution in [0.5, 0.6) is 0 Å². The number of amides is 1. The highest BCUT2D eigenvalue weighted by molar-refractivity contribution is 7.89. The second-order valence-corrected chi connectivity index (χ2v) is 10.3.